The van der Waals surface area contributed by atoms with E-state index in [1.807, 2.05) is 26.0 Å². The molecule has 0 saturated heterocycles. The fourth-order valence-corrected chi connectivity index (χ4v) is 2.82. The van der Waals surface area contributed by atoms with Crippen molar-refractivity contribution in [3.63, 3.8) is 0 Å². The summed E-state index contributed by atoms with van der Waals surface area (Å²) in [5, 5.41) is 5.10. The van der Waals surface area contributed by atoms with Gasteiger partial charge in [-0.05, 0) is 43.5 Å². The molecule has 25 heavy (non-hydrogen) atoms. The Morgan fingerprint density at radius 2 is 1.72 bits per heavy atom. The van der Waals surface area contributed by atoms with Crippen molar-refractivity contribution in [2.45, 2.75) is 26.8 Å². The lowest BCUT2D eigenvalue weighted by atomic mass is 9.99. The summed E-state index contributed by atoms with van der Waals surface area (Å²) in [4.78, 5) is 25.2. The minimum Gasteiger partial charge on any atom is -0.490 e. The van der Waals surface area contributed by atoms with E-state index in [0.29, 0.717) is 19.8 Å². The molecule has 0 radical (unpaired) electrons. The number of likely N-dealkylation sites (N-methyl/N-ethyl adjacent to an activating group) is 1. The summed E-state index contributed by atoms with van der Waals surface area (Å²) in [6.07, 6.45) is 0.852. The molecule has 0 bridgehead atoms. The van der Waals surface area contributed by atoms with Gasteiger partial charge >= 0.3 is 0 Å². The zero-order valence-electron chi connectivity index (χ0n) is 15.2. The van der Waals surface area contributed by atoms with Crippen LogP contribution in [0.1, 0.15) is 25.0 Å². The molecule has 0 fully saturated rings. The molecule has 2 N–H and O–H groups in total. The molecule has 0 saturated carbocycles. The third-order valence-corrected chi connectivity index (χ3v) is 4.05. The topological polar surface area (TPSA) is 79.9 Å². The standard InChI is InChI=1S/C18H27N3O4/c1-4-24-15-8-13-6-7-21(11-14(13)9-16(15)25-5-2)12-18(23)20-10-17(22)19-3/h8-9H,4-7,10-12H2,1-3H3,(H,19,22)(H,20,23). The highest BCUT2D eigenvalue weighted by Crippen LogP contribution is 2.33. The number of carbonyl (C=O) groups excluding carboxylic acids is 2. The summed E-state index contributed by atoms with van der Waals surface area (Å²) in [5.41, 5.74) is 2.38. The SMILES string of the molecule is CCOc1cc2c(cc1OCC)CN(CC(=O)NCC(=O)NC)CC2. The zero-order valence-corrected chi connectivity index (χ0v) is 15.2. The maximum Gasteiger partial charge on any atom is 0.239 e. The average molecular weight is 349 g/mol. The number of rotatable bonds is 8. The van der Waals surface area contributed by atoms with Gasteiger partial charge < -0.3 is 20.1 Å². The van der Waals surface area contributed by atoms with Crippen LogP contribution in [0.2, 0.25) is 0 Å². The molecule has 138 valence electrons. The van der Waals surface area contributed by atoms with E-state index in [-0.39, 0.29) is 24.9 Å². The van der Waals surface area contributed by atoms with Crippen LogP contribution >= 0.6 is 0 Å². The quantitative estimate of drug-likeness (QED) is 0.722. The zero-order chi connectivity index (χ0) is 18.2. The summed E-state index contributed by atoms with van der Waals surface area (Å²) in [6.45, 7) is 6.81. The second-order valence-electron chi connectivity index (χ2n) is 5.84. The van der Waals surface area contributed by atoms with Gasteiger partial charge in [0.1, 0.15) is 0 Å². The first-order valence-corrected chi connectivity index (χ1v) is 8.68. The number of amides is 2. The van der Waals surface area contributed by atoms with Gasteiger partial charge in [0.15, 0.2) is 11.5 Å². The van der Waals surface area contributed by atoms with Gasteiger partial charge in [0.05, 0.1) is 26.3 Å². The molecule has 2 rings (SSSR count). The number of carbonyl (C=O) groups is 2. The van der Waals surface area contributed by atoms with Crippen molar-refractivity contribution in [2.75, 3.05) is 39.9 Å². The number of hydrogen-bond donors (Lipinski definition) is 2. The van der Waals surface area contributed by atoms with Crippen LogP contribution in [0, 0.1) is 0 Å². The molecule has 1 aliphatic heterocycles. The van der Waals surface area contributed by atoms with E-state index >= 15 is 0 Å². The first-order chi connectivity index (χ1) is 12.1. The first-order valence-electron chi connectivity index (χ1n) is 8.68. The molecule has 0 spiro atoms. The minimum atomic E-state index is -0.206. The Morgan fingerprint density at radius 1 is 1.08 bits per heavy atom. The van der Waals surface area contributed by atoms with Gasteiger partial charge in [0.2, 0.25) is 11.8 Å². The summed E-state index contributed by atoms with van der Waals surface area (Å²) in [7, 11) is 1.54. The molecule has 1 aliphatic rings. The Bertz CT molecular complexity index is 619. The molecule has 1 aromatic rings. The minimum absolute atomic E-state index is 0.00592. The average Bonchev–Trinajstić information content (AvgIpc) is 2.60. The molecule has 0 aliphatic carbocycles. The van der Waals surface area contributed by atoms with Crippen LogP contribution in [0.5, 0.6) is 11.5 Å². The Hall–Kier alpha value is -2.28. The van der Waals surface area contributed by atoms with Gasteiger partial charge in [-0.15, -0.1) is 0 Å². The molecule has 1 heterocycles. The van der Waals surface area contributed by atoms with E-state index < -0.39 is 0 Å². The second kappa shape index (κ2) is 9.27. The Kier molecular flexibility index (Phi) is 7.06. The lowest BCUT2D eigenvalue weighted by molar-refractivity contribution is -0.126. The van der Waals surface area contributed by atoms with Gasteiger partial charge in [0, 0.05) is 20.1 Å². The van der Waals surface area contributed by atoms with Crippen molar-refractivity contribution in [3.8, 4) is 11.5 Å². The molecular formula is C18H27N3O4. The fraction of sp³-hybridized carbons (Fsp3) is 0.556. The third-order valence-electron chi connectivity index (χ3n) is 4.05. The van der Waals surface area contributed by atoms with E-state index in [1.165, 1.54) is 5.56 Å². The predicted molar refractivity (Wildman–Crippen MR) is 94.8 cm³/mol. The van der Waals surface area contributed by atoms with E-state index in [1.54, 1.807) is 7.05 Å². The summed E-state index contributed by atoms with van der Waals surface area (Å²) in [5.74, 6) is 1.17. The molecule has 2 amide bonds. The highest BCUT2D eigenvalue weighted by molar-refractivity contribution is 5.85. The highest BCUT2D eigenvalue weighted by atomic mass is 16.5. The number of fused-ring (bicyclic) bond motifs is 1. The maximum atomic E-state index is 12.0. The molecule has 0 aromatic heterocycles. The number of nitrogens with zero attached hydrogens (tertiary/aromatic N) is 1. The van der Waals surface area contributed by atoms with Crippen molar-refractivity contribution < 1.29 is 19.1 Å². The molecule has 1 aromatic carbocycles. The highest BCUT2D eigenvalue weighted by Gasteiger charge is 2.21. The lowest BCUT2D eigenvalue weighted by Gasteiger charge is -2.29. The largest absolute Gasteiger partial charge is 0.490 e. The number of benzene rings is 1. The van der Waals surface area contributed by atoms with Crippen molar-refractivity contribution in [1.29, 1.82) is 0 Å². The van der Waals surface area contributed by atoms with Crippen LogP contribution in [0.25, 0.3) is 0 Å². The first kappa shape index (κ1) is 19.1. The summed E-state index contributed by atoms with van der Waals surface area (Å²) < 4.78 is 11.4. The van der Waals surface area contributed by atoms with Crippen molar-refractivity contribution in [3.05, 3.63) is 23.3 Å². The van der Waals surface area contributed by atoms with Crippen LogP contribution < -0.4 is 20.1 Å². The smallest absolute Gasteiger partial charge is 0.239 e. The summed E-state index contributed by atoms with van der Waals surface area (Å²) in [6, 6.07) is 4.06. The van der Waals surface area contributed by atoms with Crippen LogP contribution in [0.3, 0.4) is 0 Å². The van der Waals surface area contributed by atoms with Gasteiger partial charge in [-0.1, -0.05) is 0 Å². The number of nitrogens with one attached hydrogen (secondary N) is 2. The predicted octanol–water partition coefficient (Wildman–Crippen LogP) is 0.704. The Labute approximate surface area is 148 Å². The van der Waals surface area contributed by atoms with Crippen LogP contribution in [0.15, 0.2) is 12.1 Å². The summed E-state index contributed by atoms with van der Waals surface area (Å²) >= 11 is 0. The lowest BCUT2D eigenvalue weighted by Crippen LogP contribution is -2.42. The van der Waals surface area contributed by atoms with Crippen molar-refractivity contribution >= 4 is 11.8 Å². The fourth-order valence-electron chi connectivity index (χ4n) is 2.82. The Balaban J connectivity index is 2.01. The maximum absolute atomic E-state index is 12.0. The normalized spacial score (nSPS) is 13.7. The van der Waals surface area contributed by atoms with Gasteiger partial charge in [-0.2, -0.15) is 0 Å². The number of hydrogen-bond acceptors (Lipinski definition) is 5. The van der Waals surface area contributed by atoms with Gasteiger partial charge in [-0.3, -0.25) is 14.5 Å². The van der Waals surface area contributed by atoms with Crippen LogP contribution in [0.4, 0.5) is 0 Å². The van der Waals surface area contributed by atoms with E-state index in [2.05, 4.69) is 15.5 Å². The molecule has 0 unspecified atom stereocenters. The van der Waals surface area contributed by atoms with Crippen LogP contribution in [-0.2, 0) is 22.6 Å². The Morgan fingerprint density at radius 3 is 2.32 bits per heavy atom. The molecule has 0 atom stereocenters. The molecule has 7 nitrogen and oxygen atoms in total. The van der Waals surface area contributed by atoms with E-state index in [9.17, 15) is 9.59 Å². The molecule has 7 heteroatoms. The van der Waals surface area contributed by atoms with Gasteiger partial charge in [-0.25, -0.2) is 0 Å². The third kappa shape index (κ3) is 5.35. The molecular weight excluding hydrogens is 322 g/mol. The van der Waals surface area contributed by atoms with Crippen molar-refractivity contribution in [1.82, 2.24) is 15.5 Å². The number of ether oxygens (including phenoxy) is 2. The van der Waals surface area contributed by atoms with E-state index in [0.717, 1.165) is 30.0 Å². The van der Waals surface area contributed by atoms with Gasteiger partial charge in [0.25, 0.3) is 0 Å². The van der Waals surface area contributed by atoms with E-state index in [4.69, 9.17) is 9.47 Å². The second-order valence-corrected chi connectivity index (χ2v) is 5.84. The van der Waals surface area contributed by atoms with Crippen LogP contribution in [-0.4, -0.2) is 56.6 Å². The van der Waals surface area contributed by atoms with Crippen molar-refractivity contribution in [2.24, 2.45) is 0 Å². The monoisotopic (exact) mass is 349 g/mol.